The van der Waals surface area contributed by atoms with Gasteiger partial charge in [0.1, 0.15) is 0 Å². The normalized spacial score (nSPS) is 26.2. The molecule has 0 bridgehead atoms. The van der Waals surface area contributed by atoms with Crippen molar-refractivity contribution in [2.75, 3.05) is 0 Å². The Kier molecular flexibility index (Phi) is 6.16. The first kappa shape index (κ1) is 16.7. The van der Waals surface area contributed by atoms with Gasteiger partial charge in [-0.25, -0.2) is 4.79 Å². The van der Waals surface area contributed by atoms with Gasteiger partial charge in [0, 0.05) is 18.9 Å². The van der Waals surface area contributed by atoms with Gasteiger partial charge in [0.25, 0.3) is 0 Å². The van der Waals surface area contributed by atoms with Crippen LogP contribution in [0.25, 0.3) is 0 Å². The van der Waals surface area contributed by atoms with Crippen LogP contribution in [0.5, 0.6) is 0 Å². The molecule has 0 radical (unpaired) electrons. The van der Waals surface area contributed by atoms with Crippen molar-refractivity contribution in [3.05, 3.63) is 11.6 Å². The van der Waals surface area contributed by atoms with Crippen LogP contribution >= 0.6 is 0 Å². The molecule has 6 nitrogen and oxygen atoms in total. The van der Waals surface area contributed by atoms with Crippen molar-refractivity contribution in [3.63, 3.8) is 0 Å². The van der Waals surface area contributed by atoms with E-state index in [1.54, 1.807) is 0 Å². The second-order valence-corrected chi connectivity index (χ2v) is 5.03. The molecule has 1 rings (SSSR count). The fourth-order valence-corrected chi connectivity index (χ4v) is 2.34. The van der Waals surface area contributed by atoms with Gasteiger partial charge in [-0.15, -0.1) is 0 Å². The van der Waals surface area contributed by atoms with Crippen molar-refractivity contribution >= 4 is 11.9 Å². The number of carbonyl (C=O) groups is 2. The zero-order valence-electron chi connectivity index (χ0n) is 12.1. The third-order valence-electron chi connectivity index (χ3n) is 3.47. The van der Waals surface area contributed by atoms with E-state index in [1.807, 2.05) is 13.8 Å². The molecule has 0 saturated carbocycles. The van der Waals surface area contributed by atoms with Crippen LogP contribution in [-0.4, -0.2) is 46.4 Å². The third-order valence-corrected chi connectivity index (χ3v) is 3.47. The zero-order valence-corrected chi connectivity index (χ0v) is 12.1. The molecule has 0 aromatic rings. The third kappa shape index (κ3) is 4.31. The number of aliphatic hydroxyl groups is 1. The van der Waals surface area contributed by atoms with E-state index in [4.69, 9.17) is 9.84 Å². The molecule has 20 heavy (non-hydrogen) atoms. The molecule has 0 saturated heterocycles. The molecular weight excluding hydrogens is 262 g/mol. The van der Waals surface area contributed by atoms with Crippen molar-refractivity contribution in [2.24, 2.45) is 0 Å². The zero-order chi connectivity index (χ0) is 15.3. The lowest BCUT2D eigenvalue weighted by Crippen LogP contribution is -2.53. The fraction of sp³-hybridized carbons (Fsp3) is 0.714. The summed E-state index contributed by atoms with van der Waals surface area (Å²) in [5.74, 6) is -1.34. The van der Waals surface area contributed by atoms with Gasteiger partial charge in [-0.1, -0.05) is 13.8 Å². The van der Waals surface area contributed by atoms with E-state index in [2.05, 4.69) is 5.32 Å². The second kappa shape index (κ2) is 7.40. The molecular formula is C14H23NO5. The molecule has 1 amide bonds. The first-order valence-electron chi connectivity index (χ1n) is 6.93. The van der Waals surface area contributed by atoms with Crippen molar-refractivity contribution in [2.45, 2.75) is 64.4 Å². The predicted octanol–water partition coefficient (Wildman–Crippen LogP) is 0.841. The predicted molar refractivity (Wildman–Crippen MR) is 73.2 cm³/mol. The molecule has 3 atom stereocenters. The van der Waals surface area contributed by atoms with Crippen molar-refractivity contribution in [3.8, 4) is 0 Å². The Morgan fingerprint density at radius 1 is 1.45 bits per heavy atom. The second-order valence-electron chi connectivity index (χ2n) is 5.03. The Morgan fingerprint density at radius 2 is 2.05 bits per heavy atom. The average Bonchev–Trinajstić information content (AvgIpc) is 2.38. The molecule has 114 valence electrons. The molecule has 1 aliphatic carbocycles. The van der Waals surface area contributed by atoms with Crippen LogP contribution in [-0.2, 0) is 14.3 Å². The molecule has 0 heterocycles. The highest BCUT2D eigenvalue weighted by molar-refractivity contribution is 5.87. The van der Waals surface area contributed by atoms with E-state index in [0.29, 0.717) is 0 Å². The van der Waals surface area contributed by atoms with E-state index in [9.17, 15) is 14.7 Å². The Morgan fingerprint density at radius 3 is 2.50 bits per heavy atom. The fourth-order valence-electron chi connectivity index (χ4n) is 2.34. The number of carboxylic acids is 1. The Labute approximate surface area is 118 Å². The first-order chi connectivity index (χ1) is 9.38. The molecule has 0 aromatic heterocycles. The summed E-state index contributed by atoms with van der Waals surface area (Å²) in [6, 6.07) is -0.615. The van der Waals surface area contributed by atoms with Crippen LogP contribution in [0.15, 0.2) is 11.6 Å². The Balaban J connectivity index is 2.96. The maximum absolute atomic E-state index is 11.2. The maximum Gasteiger partial charge on any atom is 0.331 e. The summed E-state index contributed by atoms with van der Waals surface area (Å²) in [7, 11) is 0. The van der Waals surface area contributed by atoms with Gasteiger partial charge in [0.2, 0.25) is 5.91 Å². The van der Waals surface area contributed by atoms with Crippen molar-refractivity contribution in [1.29, 1.82) is 0 Å². The number of aliphatic hydroxyl groups excluding tert-OH is 1. The highest BCUT2D eigenvalue weighted by Crippen LogP contribution is 2.24. The van der Waals surface area contributed by atoms with Crippen LogP contribution in [0.1, 0.15) is 40.0 Å². The smallest absolute Gasteiger partial charge is 0.331 e. The van der Waals surface area contributed by atoms with Crippen LogP contribution < -0.4 is 5.32 Å². The molecule has 0 aliphatic heterocycles. The number of aliphatic carboxylic acids is 1. The lowest BCUT2D eigenvalue weighted by atomic mass is 9.89. The molecule has 0 fully saturated rings. The number of ether oxygens (including phenoxy) is 1. The first-order valence-corrected chi connectivity index (χ1v) is 6.93. The van der Waals surface area contributed by atoms with Gasteiger partial charge in [-0.05, 0) is 18.9 Å². The van der Waals surface area contributed by atoms with E-state index in [0.717, 1.165) is 12.8 Å². The van der Waals surface area contributed by atoms with E-state index in [-0.39, 0.29) is 24.0 Å². The molecule has 0 aromatic carbocycles. The number of amides is 1. The summed E-state index contributed by atoms with van der Waals surface area (Å²) < 4.78 is 5.84. The topological polar surface area (TPSA) is 95.9 Å². The van der Waals surface area contributed by atoms with Crippen molar-refractivity contribution in [1.82, 2.24) is 5.32 Å². The largest absolute Gasteiger partial charge is 0.478 e. The number of rotatable bonds is 6. The minimum absolute atomic E-state index is 0.00303. The van der Waals surface area contributed by atoms with Gasteiger partial charge < -0.3 is 20.3 Å². The van der Waals surface area contributed by atoms with E-state index in [1.165, 1.54) is 13.0 Å². The minimum atomic E-state index is -1.07. The average molecular weight is 285 g/mol. The van der Waals surface area contributed by atoms with Crippen LogP contribution in [0.2, 0.25) is 0 Å². The number of hydrogen-bond donors (Lipinski definition) is 3. The number of carboxylic acid groups (broad SMARTS) is 1. The molecule has 1 aliphatic rings. The van der Waals surface area contributed by atoms with Gasteiger partial charge in [-0.2, -0.15) is 0 Å². The van der Waals surface area contributed by atoms with E-state index < -0.39 is 24.2 Å². The molecule has 3 N–H and O–H groups in total. The SMILES string of the molecule is CCC(CC)O[C@@H]1C=C(C(=O)O)C[C@H](O)C1NC(C)=O. The van der Waals surface area contributed by atoms with Gasteiger partial charge in [-0.3, -0.25) is 4.79 Å². The molecule has 6 heteroatoms. The molecule has 1 unspecified atom stereocenters. The molecule has 0 spiro atoms. The Bertz CT molecular complexity index is 389. The summed E-state index contributed by atoms with van der Waals surface area (Å²) in [6.07, 6.45) is 1.44. The monoisotopic (exact) mass is 285 g/mol. The maximum atomic E-state index is 11.2. The minimum Gasteiger partial charge on any atom is -0.478 e. The lowest BCUT2D eigenvalue weighted by molar-refractivity contribution is -0.134. The van der Waals surface area contributed by atoms with Gasteiger partial charge >= 0.3 is 5.97 Å². The van der Waals surface area contributed by atoms with Crippen molar-refractivity contribution < 1.29 is 24.5 Å². The van der Waals surface area contributed by atoms with Gasteiger partial charge in [0.15, 0.2) is 0 Å². The highest BCUT2D eigenvalue weighted by Gasteiger charge is 2.36. The Hall–Kier alpha value is -1.40. The summed E-state index contributed by atoms with van der Waals surface area (Å²) in [4.78, 5) is 22.3. The van der Waals surface area contributed by atoms with Crippen LogP contribution in [0, 0.1) is 0 Å². The van der Waals surface area contributed by atoms with Gasteiger partial charge in [0.05, 0.1) is 24.4 Å². The highest BCUT2D eigenvalue weighted by atomic mass is 16.5. The number of nitrogens with one attached hydrogen (secondary N) is 1. The standard InChI is InChI=1S/C14H23NO5/c1-4-10(5-2)20-12-7-9(14(18)19)6-11(17)13(12)15-8(3)16/h7,10-13,17H,4-6H2,1-3H3,(H,15,16)(H,18,19)/t11-,12+,13?/m0/s1. The van der Waals surface area contributed by atoms with E-state index >= 15 is 0 Å². The quantitative estimate of drug-likeness (QED) is 0.672. The lowest BCUT2D eigenvalue weighted by Gasteiger charge is -2.35. The summed E-state index contributed by atoms with van der Waals surface area (Å²) in [5.41, 5.74) is 0.120. The number of hydrogen-bond acceptors (Lipinski definition) is 4. The van der Waals surface area contributed by atoms with Crippen LogP contribution in [0.3, 0.4) is 0 Å². The summed E-state index contributed by atoms with van der Waals surface area (Å²) >= 11 is 0. The number of carbonyl (C=O) groups excluding carboxylic acids is 1. The van der Waals surface area contributed by atoms with Crippen LogP contribution in [0.4, 0.5) is 0 Å². The summed E-state index contributed by atoms with van der Waals surface area (Å²) in [6.45, 7) is 5.31. The summed E-state index contributed by atoms with van der Waals surface area (Å²) in [5, 5.41) is 21.8.